The van der Waals surface area contributed by atoms with Gasteiger partial charge in [-0.2, -0.15) is 0 Å². The number of benzene rings is 10. The third-order valence-electron chi connectivity index (χ3n) is 11.5. The average Bonchev–Trinajstić information content (AvgIpc) is 3.67. The summed E-state index contributed by atoms with van der Waals surface area (Å²) in [6, 6.07) is 80.8. The van der Waals surface area contributed by atoms with Gasteiger partial charge in [-0.05, 0) is 85.3 Å². The number of furan rings is 1. The molecule has 272 valence electrons. The normalized spacial score (nSPS) is 11.4. The lowest BCUT2D eigenvalue weighted by Gasteiger charge is -2.30. The maximum atomic E-state index is 6.56. The second-order valence-corrected chi connectivity index (χ2v) is 14.8. The lowest BCUT2D eigenvalue weighted by Crippen LogP contribution is -2.12. The Labute approximate surface area is 337 Å². The minimum absolute atomic E-state index is 0.853. The van der Waals surface area contributed by atoms with Crippen LogP contribution < -0.4 is 4.90 Å². The van der Waals surface area contributed by atoms with Crippen LogP contribution in [0.3, 0.4) is 0 Å². The van der Waals surface area contributed by atoms with Crippen molar-refractivity contribution in [3.63, 3.8) is 0 Å². The van der Waals surface area contributed by atoms with Crippen LogP contribution in [0.1, 0.15) is 0 Å². The van der Waals surface area contributed by atoms with Crippen molar-refractivity contribution in [3.8, 4) is 44.5 Å². The quantitative estimate of drug-likeness (QED) is 0.162. The van der Waals surface area contributed by atoms with Crippen LogP contribution in [0.2, 0.25) is 0 Å². The number of rotatable bonds is 7. The topological polar surface area (TPSA) is 16.4 Å². The first-order valence-electron chi connectivity index (χ1n) is 19.8. The number of fused-ring (bicyclic) bond motifs is 5. The van der Waals surface area contributed by atoms with Crippen molar-refractivity contribution in [1.82, 2.24) is 0 Å². The molecule has 0 aliphatic heterocycles. The lowest BCUT2D eigenvalue weighted by atomic mass is 9.89. The molecule has 0 aliphatic rings. The zero-order valence-corrected chi connectivity index (χ0v) is 31.7. The fraction of sp³-hybridized carbons (Fsp3) is 0. The molecule has 1 heterocycles. The Morgan fingerprint density at radius 2 is 0.724 bits per heavy atom. The second kappa shape index (κ2) is 14.1. The smallest absolute Gasteiger partial charge is 0.137 e. The predicted molar refractivity (Wildman–Crippen MR) is 245 cm³/mol. The van der Waals surface area contributed by atoms with E-state index < -0.39 is 0 Å². The third-order valence-corrected chi connectivity index (χ3v) is 11.5. The van der Waals surface area contributed by atoms with E-state index in [0.29, 0.717) is 0 Å². The first kappa shape index (κ1) is 33.6. The Morgan fingerprint density at radius 3 is 1.28 bits per heavy atom. The van der Waals surface area contributed by atoms with E-state index in [4.69, 9.17) is 4.42 Å². The summed E-state index contributed by atoms with van der Waals surface area (Å²) in [5.74, 6) is 0. The van der Waals surface area contributed by atoms with Crippen LogP contribution in [0, 0.1) is 0 Å². The molecular formula is C56H37NO. The van der Waals surface area contributed by atoms with Gasteiger partial charge >= 0.3 is 0 Å². The largest absolute Gasteiger partial charge is 0.456 e. The van der Waals surface area contributed by atoms with Gasteiger partial charge in [0.05, 0.1) is 11.4 Å². The van der Waals surface area contributed by atoms with Gasteiger partial charge in [0, 0.05) is 33.7 Å². The summed E-state index contributed by atoms with van der Waals surface area (Å²) < 4.78 is 6.56. The van der Waals surface area contributed by atoms with E-state index in [2.05, 4.69) is 217 Å². The van der Waals surface area contributed by atoms with E-state index in [9.17, 15) is 0 Å². The fourth-order valence-electron chi connectivity index (χ4n) is 8.90. The van der Waals surface area contributed by atoms with Crippen molar-refractivity contribution < 1.29 is 4.42 Å². The summed E-state index contributed by atoms with van der Waals surface area (Å²) in [4.78, 5) is 2.44. The van der Waals surface area contributed by atoms with Gasteiger partial charge in [0.1, 0.15) is 11.2 Å². The van der Waals surface area contributed by atoms with Crippen molar-refractivity contribution >= 4 is 60.5 Å². The molecule has 0 amide bonds. The monoisotopic (exact) mass is 739 g/mol. The molecular weight excluding hydrogens is 703 g/mol. The van der Waals surface area contributed by atoms with Gasteiger partial charge in [-0.15, -0.1) is 0 Å². The molecule has 0 saturated heterocycles. The van der Waals surface area contributed by atoms with Crippen LogP contribution in [0.15, 0.2) is 229 Å². The van der Waals surface area contributed by atoms with Crippen molar-refractivity contribution in [3.05, 3.63) is 224 Å². The Bertz CT molecular complexity index is 3110. The van der Waals surface area contributed by atoms with Crippen molar-refractivity contribution in [1.29, 1.82) is 0 Å². The molecule has 0 atom stereocenters. The molecule has 2 nitrogen and oxygen atoms in total. The maximum absolute atomic E-state index is 6.56. The van der Waals surface area contributed by atoms with Crippen LogP contribution in [0.5, 0.6) is 0 Å². The van der Waals surface area contributed by atoms with Gasteiger partial charge in [-0.1, -0.05) is 188 Å². The van der Waals surface area contributed by atoms with Gasteiger partial charge in [0.25, 0.3) is 0 Å². The minimum Gasteiger partial charge on any atom is -0.456 e. The Morgan fingerprint density at radius 1 is 0.293 bits per heavy atom. The first-order valence-corrected chi connectivity index (χ1v) is 19.8. The van der Waals surface area contributed by atoms with E-state index >= 15 is 0 Å². The molecule has 0 aliphatic carbocycles. The van der Waals surface area contributed by atoms with E-state index in [1.165, 1.54) is 54.9 Å². The molecule has 0 radical (unpaired) electrons. The van der Waals surface area contributed by atoms with Crippen LogP contribution in [-0.2, 0) is 0 Å². The highest BCUT2D eigenvalue weighted by molar-refractivity contribution is 6.12. The van der Waals surface area contributed by atoms with Gasteiger partial charge in [0.2, 0.25) is 0 Å². The molecule has 58 heavy (non-hydrogen) atoms. The maximum Gasteiger partial charge on any atom is 0.137 e. The van der Waals surface area contributed by atoms with E-state index in [0.717, 1.165) is 50.1 Å². The summed E-state index contributed by atoms with van der Waals surface area (Å²) in [6.07, 6.45) is 0. The highest BCUT2D eigenvalue weighted by Crippen LogP contribution is 2.49. The molecule has 0 bridgehead atoms. The summed E-state index contributed by atoms with van der Waals surface area (Å²) >= 11 is 0. The summed E-state index contributed by atoms with van der Waals surface area (Å²) in [6.45, 7) is 0. The molecule has 0 unspecified atom stereocenters. The van der Waals surface area contributed by atoms with Crippen molar-refractivity contribution in [2.24, 2.45) is 0 Å². The van der Waals surface area contributed by atoms with E-state index in [1.807, 2.05) is 12.1 Å². The first-order chi connectivity index (χ1) is 28.8. The molecule has 0 fully saturated rings. The van der Waals surface area contributed by atoms with E-state index in [-0.39, 0.29) is 0 Å². The van der Waals surface area contributed by atoms with Gasteiger partial charge in [0.15, 0.2) is 0 Å². The molecule has 11 aromatic rings. The summed E-state index contributed by atoms with van der Waals surface area (Å²) in [5.41, 5.74) is 14.3. The van der Waals surface area contributed by atoms with Gasteiger partial charge in [-0.3, -0.25) is 0 Å². The molecule has 10 aromatic carbocycles. The average molecular weight is 740 g/mol. The summed E-state index contributed by atoms with van der Waals surface area (Å²) in [5, 5.41) is 7.08. The summed E-state index contributed by atoms with van der Waals surface area (Å²) in [7, 11) is 0. The second-order valence-electron chi connectivity index (χ2n) is 14.8. The number of para-hydroxylation sites is 3. The SMILES string of the molecule is c1ccc(-c2cccc3cccc(-c4ccccc4N(c4ccc5c(c4)oc4ccccc45)c4ccccc4-c4cccc5cccc(-c6ccccc6)c45)c23)cc1. The number of nitrogens with zero attached hydrogens (tertiary/aromatic N) is 1. The van der Waals surface area contributed by atoms with Gasteiger partial charge < -0.3 is 9.32 Å². The molecule has 11 rings (SSSR count). The van der Waals surface area contributed by atoms with E-state index in [1.54, 1.807) is 0 Å². The number of anilines is 3. The predicted octanol–water partition coefficient (Wildman–Crippen LogP) is 16.0. The fourth-order valence-corrected chi connectivity index (χ4v) is 8.90. The van der Waals surface area contributed by atoms with Crippen molar-refractivity contribution in [2.45, 2.75) is 0 Å². The van der Waals surface area contributed by atoms with Crippen LogP contribution in [-0.4, -0.2) is 0 Å². The molecule has 0 N–H and O–H groups in total. The highest BCUT2D eigenvalue weighted by atomic mass is 16.3. The highest BCUT2D eigenvalue weighted by Gasteiger charge is 2.24. The molecule has 2 heteroatoms. The Kier molecular flexibility index (Phi) is 8.19. The molecule has 0 spiro atoms. The molecule has 0 saturated carbocycles. The van der Waals surface area contributed by atoms with Crippen molar-refractivity contribution in [2.75, 3.05) is 4.90 Å². The zero-order valence-electron chi connectivity index (χ0n) is 31.7. The van der Waals surface area contributed by atoms with Gasteiger partial charge in [-0.25, -0.2) is 0 Å². The molecule has 1 aromatic heterocycles. The van der Waals surface area contributed by atoms with Crippen LogP contribution >= 0.6 is 0 Å². The standard InChI is InChI=1S/C56H37NO/c1-3-17-38(18-4-1)43-28-13-21-40-23-15-30-49(55(40)43)45-25-7-10-32-51(45)57(42-35-36-48-47-27-9-12-34-53(47)58-54(48)37-42)52-33-11-8-26-46(52)50-31-16-24-41-22-14-29-44(56(41)50)39-19-5-2-6-20-39/h1-37H. The lowest BCUT2D eigenvalue weighted by molar-refractivity contribution is 0.669. The minimum atomic E-state index is 0.853. The number of hydrogen-bond acceptors (Lipinski definition) is 2. The third kappa shape index (κ3) is 5.66. The Hall–Kier alpha value is -7.68. The zero-order chi connectivity index (χ0) is 38.4. The van der Waals surface area contributed by atoms with Crippen LogP contribution in [0.25, 0.3) is 88.0 Å². The number of hydrogen-bond donors (Lipinski definition) is 0. The van der Waals surface area contributed by atoms with Crippen LogP contribution in [0.4, 0.5) is 17.1 Å². The Balaban J connectivity index is 1.20.